The Kier molecular flexibility index (Phi) is 4.75. The van der Waals surface area contributed by atoms with Gasteiger partial charge in [-0.25, -0.2) is 8.78 Å². The first kappa shape index (κ1) is 18.8. The molecule has 4 nitrogen and oxygen atoms in total. The van der Waals surface area contributed by atoms with Crippen LogP contribution in [0.25, 0.3) is 0 Å². The highest BCUT2D eigenvalue weighted by molar-refractivity contribution is 5.87. The summed E-state index contributed by atoms with van der Waals surface area (Å²) >= 11 is 0. The molecule has 148 valence electrons. The molecule has 2 heterocycles. The highest BCUT2D eigenvalue weighted by Crippen LogP contribution is 2.50. The molecule has 2 saturated heterocycles. The monoisotopic (exact) mass is 378 g/mol. The van der Waals surface area contributed by atoms with E-state index in [2.05, 4.69) is 5.32 Å². The third-order valence-corrected chi connectivity index (χ3v) is 6.77. The van der Waals surface area contributed by atoms with Crippen molar-refractivity contribution in [3.8, 4) is 0 Å². The molecule has 0 aromatic heterocycles. The van der Waals surface area contributed by atoms with Crippen molar-refractivity contribution >= 4 is 5.91 Å². The molecule has 27 heavy (non-hydrogen) atoms. The molecule has 6 heteroatoms. The van der Waals surface area contributed by atoms with Gasteiger partial charge in [0.05, 0.1) is 0 Å². The molecule has 2 aliphatic heterocycles. The van der Waals surface area contributed by atoms with Crippen molar-refractivity contribution in [3.05, 3.63) is 35.9 Å². The number of likely N-dealkylation sites (tertiary alicyclic amines) is 1. The van der Waals surface area contributed by atoms with Crippen molar-refractivity contribution in [1.29, 1.82) is 0 Å². The fraction of sp³-hybridized carbons (Fsp3) is 0.667. The van der Waals surface area contributed by atoms with Gasteiger partial charge in [-0.05, 0) is 44.3 Å². The number of carbonyl (C=O) groups excluding carboxylic acids is 1. The van der Waals surface area contributed by atoms with E-state index in [-0.39, 0.29) is 18.3 Å². The second kappa shape index (κ2) is 6.82. The van der Waals surface area contributed by atoms with Gasteiger partial charge >= 0.3 is 0 Å². The van der Waals surface area contributed by atoms with Gasteiger partial charge in [-0.1, -0.05) is 30.3 Å². The van der Waals surface area contributed by atoms with E-state index >= 15 is 0 Å². The number of alkyl halides is 2. The largest absolute Gasteiger partial charge is 0.375 e. The lowest BCUT2D eigenvalue weighted by Crippen LogP contribution is -2.64. The van der Waals surface area contributed by atoms with Crippen LogP contribution in [-0.4, -0.2) is 48.0 Å². The molecule has 3 aliphatic rings. The van der Waals surface area contributed by atoms with Gasteiger partial charge in [-0.3, -0.25) is 4.79 Å². The molecule has 2 N–H and O–H groups in total. The summed E-state index contributed by atoms with van der Waals surface area (Å²) in [5.41, 5.74) is -1.32. The first-order valence-electron chi connectivity index (χ1n) is 10.0. The molecule has 0 bridgehead atoms. The molecule has 1 amide bonds. The number of benzene rings is 1. The molecule has 0 unspecified atom stereocenters. The van der Waals surface area contributed by atoms with Crippen LogP contribution in [-0.2, 0) is 10.4 Å². The third kappa shape index (κ3) is 3.38. The molecular formula is C21H28F2N2O2. The first-order chi connectivity index (χ1) is 12.8. The Bertz CT molecular complexity index is 681. The summed E-state index contributed by atoms with van der Waals surface area (Å²) < 4.78 is 27.8. The normalized spacial score (nSPS) is 29.0. The van der Waals surface area contributed by atoms with E-state index in [1.54, 1.807) is 35.2 Å². The number of nitrogens with zero attached hydrogens (tertiary/aromatic N) is 1. The topological polar surface area (TPSA) is 52.6 Å². The van der Waals surface area contributed by atoms with E-state index in [9.17, 15) is 18.7 Å². The smallest absolute Gasteiger partial charge is 0.259 e. The van der Waals surface area contributed by atoms with E-state index in [0.717, 1.165) is 32.4 Å². The zero-order valence-electron chi connectivity index (χ0n) is 15.6. The zero-order valence-corrected chi connectivity index (χ0v) is 15.6. The van der Waals surface area contributed by atoms with Gasteiger partial charge in [0, 0.05) is 37.3 Å². The fourth-order valence-electron chi connectivity index (χ4n) is 5.19. The maximum Gasteiger partial charge on any atom is 0.259 e. The lowest BCUT2D eigenvalue weighted by Gasteiger charge is -2.53. The Labute approximate surface area is 158 Å². The van der Waals surface area contributed by atoms with E-state index in [1.165, 1.54) is 0 Å². The Morgan fingerprint density at radius 2 is 1.89 bits per heavy atom. The minimum atomic E-state index is -2.81. The highest BCUT2D eigenvalue weighted by Gasteiger charge is 2.57. The number of halogens is 2. The van der Waals surface area contributed by atoms with Crippen LogP contribution in [0.1, 0.15) is 44.1 Å². The summed E-state index contributed by atoms with van der Waals surface area (Å²) in [5, 5.41) is 14.9. The number of rotatable bonds is 3. The maximum absolute atomic E-state index is 13.9. The minimum Gasteiger partial charge on any atom is -0.375 e. The summed E-state index contributed by atoms with van der Waals surface area (Å²) in [6.07, 6.45) is 2.62. The van der Waals surface area contributed by atoms with Crippen molar-refractivity contribution in [2.45, 2.75) is 50.0 Å². The average Bonchev–Trinajstić information content (AvgIpc) is 2.84. The van der Waals surface area contributed by atoms with Crippen molar-refractivity contribution in [2.75, 3.05) is 26.2 Å². The van der Waals surface area contributed by atoms with Crippen LogP contribution < -0.4 is 5.32 Å². The number of aliphatic hydroxyl groups is 1. The number of amides is 1. The van der Waals surface area contributed by atoms with Crippen molar-refractivity contribution < 1.29 is 18.7 Å². The lowest BCUT2D eigenvalue weighted by molar-refractivity contribution is -0.173. The maximum atomic E-state index is 13.9. The minimum absolute atomic E-state index is 0.121. The summed E-state index contributed by atoms with van der Waals surface area (Å²) in [6, 6.07) is 8.65. The number of carbonyl (C=O) groups is 1. The highest BCUT2D eigenvalue weighted by atomic mass is 19.3. The Morgan fingerprint density at radius 3 is 2.56 bits per heavy atom. The summed E-state index contributed by atoms with van der Waals surface area (Å²) in [5.74, 6) is -3.97. The second-order valence-corrected chi connectivity index (χ2v) is 8.69. The van der Waals surface area contributed by atoms with Crippen LogP contribution in [0.3, 0.4) is 0 Å². The standard InChI is InChI=1S/C21H28F2N2O2/c22-20(23)9-7-17(13-20)21(27,16-5-2-1-3-6-16)18(26)25-14-19(15-25)8-4-11-24-12-10-19/h1-3,5-6,17,24,27H,4,7-15H2/t17-,21+/m1/s1. The number of nitrogens with one attached hydrogen (secondary N) is 1. The third-order valence-electron chi connectivity index (χ3n) is 6.77. The molecular weight excluding hydrogens is 350 g/mol. The number of hydrogen-bond acceptors (Lipinski definition) is 3. The SMILES string of the molecule is O=C(N1CC2(CCCNCC2)C1)[C@](O)(c1ccccc1)[C@@H]1CCC(F)(F)C1. The van der Waals surface area contributed by atoms with Crippen molar-refractivity contribution in [1.82, 2.24) is 10.2 Å². The van der Waals surface area contributed by atoms with Gasteiger partial charge in [-0.15, -0.1) is 0 Å². The zero-order chi connectivity index (χ0) is 19.1. The Balaban J connectivity index is 1.57. The molecule has 3 fully saturated rings. The van der Waals surface area contributed by atoms with Gasteiger partial charge in [-0.2, -0.15) is 0 Å². The van der Waals surface area contributed by atoms with Gasteiger partial charge in [0.15, 0.2) is 5.60 Å². The quantitative estimate of drug-likeness (QED) is 0.850. The molecule has 1 spiro atoms. The van der Waals surface area contributed by atoms with E-state index in [4.69, 9.17) is 0 Å². The molecule has 2 atom stereocenters. The van der Waals surface area contributed by atoms with E-state index in [0.29, 0.717) is 18.7 Å². The van der Waals surface area contributed by atoms with E-state index in [1.807, 2.05) is 0 Å². The van der Waals surface area contributed by atoms with Crippen molar-refractivity contribution in [3.63, 3.8) is 0 Å². The van der Waals surface area contributed by atoms with Gasteiger partial charge in [0.1, 0.15) is 0 Å². The van der Waals surface area contributed by atoms with Crippen LogP contribution in [0.2, 0.25) is 0 Å². The summed E-state index contributed by atoms with van der Waals surface area (Å²) in [7, 11) is 0. The molecule has 1 aromatic rings. The molecule has 1 saturated carbocycles. The predicted molar refractivity (Wildman–Crippen MR) is 98.4 cm³/mol. The van der Waals surface area contributed by atoms with E-state index < -0.39 is 29.8 Å². The van der Waals surface area contributed by atoms with Gasteiger partial charge in [0.2, 0.25) is 5.92 Å². The van der Waals surface area contributed by atoms with Gasteiger partial charge < -0.3 is 15.3 Å². The molecule has 1 aromatic carbocycles. The second-order valence-electron chi connectivity index (χ2n) is 8.69. The molecule has 4 rings (SSSR count). The van der Waals surface area contributed by atoms with Crippen LogP contribution >= 0.6 is 0 Å². The van der Waals surface area contributed by atoms with Crippen molar-refractivity contribution in [2.24, 2.45) is 11.3 Å². The Hall–Kier alpha value is -1.53. The van der Waals surface area contributed by atoms with Crippen LogP contribution in [0, 0.1) is 11.3 Å². The van der Waals surface area contributed by atoms with Crippen LogP contribution in [0.5, 0.6) is 0 Å². The van der Waals surface area contributed by atoms with Gasteiger partial charge in [0.25, 0.3) is 5.91 Å². The van der Waals surface area contributed by atoms with Crippen LogP contribution in [0.4, 0.5) is 8.78 Å². The Morgan fingerprint density at radius 1 is 1.15 bits per heavy atom. The number of hydrogen-bond donors (Lipinski definition) is 2. The summed E-state index contributed by atoms with van der Waals surface area (Å²) in [6.45, 7) is 3.18. The predicted octanol–water partition coefficient (Wildman–Crippen LogP) is 2.91. The lowest BCUT2D eigenvalue weighted by atomic mass is 9.71. The first-order valence-corrected chi connectivity index (χ1v) is 10.0. The molecule has 1 aliphatic carbocycles. The fourth-order valence-corrected chi connectivity index (χ4v) is 5.19. The average molecular weight is 378 g/mol. The summed E-state index contributed by atoms with van der Waals surface area (Å²) in [4.78, 5) is 15.1. The molecule has 0 radical (unpaired) electrons. The van der Waals surface area contributed by atoms with Crippen LogP contribution in [0.15, 0.2) is 30.3 Å².